The summed E-state index contributed by atoms with van der Waals surface area (Å²) in [6.07, 6.45) is 0. The fourth-order valence-electron chi connectivity index (χ4n) is 2.23. The van der Waals surface area contributed by atoms with E-state index in [1.54, 1.807) is 25.1 Å². The number of rotatable bonds is 5. The van der Waals surface area contributed by atoms with Gasteiger partial charge >= 0.3 is 0 Å². The quantitative estimate of drug-likeness (QED) is 0.833. The van der Waals surface area contributed by atoms with Gasteiger partial charge in [0.05, 0.1) is 0 Å². The third-order valence-corrected chi connectivity index (χ3v) is 3.80. The van der Waals surface area contributed by atoms with E-state index in [0.29, 0.717) is 12.5 Å². The van der Waals surface area contributed by atoms with E-state index in [2.05, 4.69) is 10.6 Å². The molecule has 126 valence electrons. The van der Waals surface area contributed by atoms with E-state index in [-0.39, 0.29) is 41.3 Å². The predicted molar refractivity (Wildman–Crippen MR) is 91.7 cm³/mol. The van der Waals surface area contributed by atoms with Gasteiger partial charge in [-0.25, -0.2) is 4.39 Å². The minimum Gasteiger partial charge on any atom is -0.354 e. The van der Waals surface area contributed by atoms with Crippen LogP contribution in [0.15, 0.2) is 18.2 Å². The van der Waals surface area contributed by atoms with Crippen molar-refractivity contribution in [1.29, 1.82) is 0 Å². The molecule has 1 aliphatic rings. The van der Waals surface area contributed by atoms with E-state index >= 15 is 0 Å². The van der Waals surface area contributed by atoms with Crippen LogP contribution in [0.2, 0.25) is 5.02 Å². The predicted octanol–water partition coefficient (Wildman–Crippen LogP) is 2.26. The van der Waals surface area contributed by atoms with E-state index in [0.717, 1.165) is 13.1 Å². The molecule has 1 saturated heterocycles. The van der Waals surface area contributed by atoms with Crippen LogP contribution in [0.5, 0.6) is 0 Å². The van der Waals surface area contributed by atoms with Crippen LogP contribution in [0.1, 0.15) is 11.6 Å². The lowest BCUT2D eigenvalue weighted by Crippen LogP contribution is -2.49. The summed E-state index contributed by atoms with van der Waals surface area (Å²) in [5, 5.41) is 6.28. The number of carbonyl (C=O) groups is 1. The molecule has 0 spiro atoms. The van der Waals surface area contributed by atoms with Crippen molar-refractivity contribution in [2.24, 2.45) is 5.92 Å². The fraction of sp³-hybridized carbons (Fsp3) is 0.500. The number of amides is 1. The summed E-state index contributed by atoms with van der Waals surface area (Å²) >= 11 is 6.06. The molecule has 0 aliphatic carbocycles. The Morgan fingerprint density at radius 2 is 2.09 bits per heavy atom. The van der Waals surface area contributed by atoms with E-state index in [9.17, 15) is 9.18 Å². The smallest absolute Gasteiger partial charge is 0.242 e. The molecule has 0 aromatic heterocycles. The summed E-state index contributed by atoms with van der Waals surface area (Å²) in [7, 11) is 3.47. The summed E-state index contributed by atoms with van der Waals surface area (Å²) in [5.41, 5.74) is 0.225. The highest BCUT2D eigenvalue weighted by atomic mass is 35.5. The number of halogens is 4. The summed E-state index contributed by atoms with van der Waals surface area (Å²) in [5.74, 6) is -0.233. The summed E-state index contributed by atoms with van der Waals surface area (Å²) in [6.45, 7) is 2.42. The van der Waals surface area contributed by atoms with Crippen molar-refractivity contribution in [1.82, 2.24) is 15.5 Å². The Labute approximate surface area is 147 Å². The van der Waals surface area contributed by atoms with Crippen LogP contribution < -0.4 is 10.6 Å². The Hall–Kier alpha value is -0.590. The van der Waals surface area contributed by atoms with Gasteiger partial charge in [0.2, 0.25) is 5.91 Å². The number of hydrogen-bond donors (Lipinski definition) is 2. The van der Waals surface area contributed by atoms with Crippen molar-refractivity contribution in [3.8, 4) is 0 Å². The van der Waals surface area contributed by atoms with Crippen molar-refractivity contribution in [3.05, 3.63) is 34.6 Å². The molecule has 4 nitrogen and oxygen atoms in total. The molecule has 0 bridgehead atoms. The molecule has 0 saturated carbocycles. The minimum atomic E-state index is -0.725. The molecule has 1 aromatic carbocycles. The Morgan fingerprint density at radius 3 is 2.55 bits per heavy atom. The fourth-order valence-corrected chi connectivity index (χ4v) is 2.50. The van der Waals surface area contributed by atoms with E-state index in [1.165, 1.54) is 12.1 Å². The molecular weight excluding hydrogens is 352 g/mol. The lowest BCUT2D eigenvalue weighted by atomic mass is 10.0. The molecule has 1 heterocycles. The third kappa shape index (κ3) is 4.96. The van der Waals surface area contributed by atoms with E-state index < -0.39 is 11.9 Å². The lowest BCUT2D eigenvalue weighted by Gasteiger charge is -2.29. The molecular formula is C14H21Cl3FN3O. The Morgan fingerprint density at radius 1 is 1.45 bits per heavy atom. The largest absolute Gasteiger partial charge is 0.354 e. The Balaban J connectivity index is 0.00000220. The second kappa shape index (κ2) is 9.53. The van der Waals surface area contributed by atoms with Crippen molar-refractivity contribution in [2.75, 3.05) is 33.7 Å². The zero-order chi connectivity index (χ0) is 14.7. The number of carbonyl (C=O) groups excluding carboxylic acids is 1. The number of nitrogens with one attached hydrogen (secondary N) is 2. The maximum absolute atomic E-state index is 14.0. The van der Waals surface area contributed by atoms with Crippen LogP contribution in [-0.4, -0.2) is 44.5 Å². The van der Waals surface area contributed by atoms with Crippen molar-refractivity contribution in [3.63, 3.8) is 0 Å². The van der Waals surface area contributed by atoms with Gasteiger partial charge < -0.3 is 10.6 Å². The number of benzene rings is 1. The molecule has 1 amide bonds. The van der Waals surface area contributed by atoms with Crippen LogP contribution in [0.25, 0.3) is 0 Å². The average Bonchev–Trinajstić information content (AvgIpc) is 2.31. The second-order valence-electron chi connectivity index (χ2n) is 5.27. The first-order valence-electron chi connectivity index (χ1n) is 6.59. The summed E-state index contributed by atoms with van der Waals surface area (Å²) < 4.78 is 14.0. The third-order valence-electron chi connectivity index (χ3n) is 3.47. The van der Waals surface area contributed by atoms with Crippen LogP contribution in [0, 0.1) is 11.7 Å². The van der Waals surface area contributed by atoms with Crippen LogP contribution in [-0.2, 0) is 4.79 Å². The number of nitrogens with zero attached hydrogens (tertiary/aromatic N) is 1. The second-order valence-corrected chi connectivity index (χ2v) is 5.68. The highest BCUT2D eigenvalue weighted by Gasteiger charge is 2.29. The van der Waals surface area contributed by atoms with Gasteiger partial charge in [-0.15, -0.1) is 24.8 Å². The average molecular weight is 373 g/mol. The maximum Gasteiger partial charge on any atom is 0.242 e. The Kier molecular flexibility index (Phi) is 9.27. The zero-order valence-corrected chi connectivity index (χ0v) is 14.8. The number of likely N-dealkylation sites (N-methyl/N-ethyl adjacent to an activating group) is 1. The monoisotopic (exact) mass is 371 g/mol. The summed E-state index contributed by atoms with van der Waals surface area (Å²) in [4.78, 5) is 14.0. The van der Waals surface area contributed by atoms with Gasteiger partial charge in [0, 0.05) is 36.1 Å². The van der Waals surface area contributed by atoms with Crippen molar-refractivity contribution in [2.45, 2.75) is 6.04 Å². The van der Waals surface area contributed by atoms with Gasteiger partial charge in [0.25, 0.3) is 0 Å². The molecule has 0 radical (unpaired) electrons. The van der Waals surface area contributed by atoms with Gasteiger partial charge in [0.1, 0.15) is 11.9 Å². The molecule has 1 aliphatic heterocycles. The van der Waals surface area contributed by atoms with Gasteiger partial charge in [-0.1, -0.05) is 17.7 Å². The zero-order valence-electron chi connectivity index (χ0n) is 12.4. The molecule has 1 aromatic rings. The molecule has 1 atom stereocenters. The Bertz CT molecular complexity index is 478. The maximum atomic E-state index is 14.0. The lowest BCUT2D eigenvalue weighted by molar-refractivity contribution is -0.126. The highest BCUT2D eigenvalue weighted by Crippen LogP contribution is 2.29. The van der Waals surface area contributed by atoms with Gasteiger partial charge in [-0.3, -0.25) is 9.69 Å². The van der Waals surface area contributed by atoms with Crippen LogP contribution in [0.3, 0.4) is 0 Å². The SMILES string of the molecule is CN(C)C(C(=O)NCC1CNC1)c1c(F)cccc1Cl.Cl.Cl. The first kappa shape index (κ1) is 21.4. The normalized spacial score (nSPS) is 15.3. The van der Waals surface area contributed by atoms with Crippen LogP contribution in [0.4, 0.5) is 4.39 Å². The molecule has 22 heavy (non-hydrogen) atoms. The van der Waals surface area contributed by atoms with Gasteiger partial charge in [-0.2, -0.15) is 0 Å². The van der Waals surface area contributed by atoms with Gasteiger partial charge in [-0.05, 0) is 26.2 Å². The molecule has 2 rings (SSSR count). The molecule has 2 N–H and O–H groups in total. The van der Waals surface area contributed by atoms with E-state index in [4.69, 9.17) is 11.6 Å². The van der Waals surface area contributed by atoms with Crippen molar-refractivity contribution >= 4 is 42.3 Å². The first-order chi connectivity index (χ1) is 9.50. The van der Waals surface area contributed by atoms with E-state index in [1.807, 2.05) is 0 Å². The van der Waals surface area contributed by atoms with Gasteiger partial charge in [0.15, 0.2) is 0 Å². The molecule has 1 unspecified atom stereocenters. The molecule has 8 heteroatoms. The molecule has 1 fully saturated rings. The van der Waals surface area contributed by atoms with Crippen LogP contribution >= 0.6 is 36.4 Å². The topological polar surface area (TPSA) is 44.4 Å². The summed E-state index contributed by atoms with van der Waals surface area (Å²) in [6, 6.07) is 3.73. The standard InChI is InChI=1S/C14H19ClFN3O.2ClH/c1-19(2)13(12-10(15)4-3-5-11(12)16)14(20)18-8-9-6-17-7-9;;/h3-5,9,13,17H,6-8H2,1-2H3,(H,18,20);2*1H. The minimum absolute atomic E-state index is 0. The highest BCUT2D eigenvalue weighted by molar-refractivity contribution is 6.31. The van der Waals surface area contributed by atoms with Crippen molar-refractivity contribution < 1.29 is 9.18 Å². The first-order valence-corrected chi connectivity index (χ1v) is 6.97. The number of hydrogen-bond acceptors (Lipinski definition) is 3.